The number of hydrogen-bond donors (Lipinski definition) is 1. The molecule has 0 amide bonds. The summed E-state index contributed by atoms with van der Waals surface area (Å²) in [5, 5.41) is 4.05. The molecule has 1 N–H and O–H groups in total. The van der Waals surface area contributed by atoms with Gasteiger partial charge in [-0.3, -0.25) is 0 Å². The van der Waals surface area contributed by atoms with Gasteiger partial charge in [0.2, 0.25) is 0 Å². The molecule has 20 heavy (non-hydrogen) atoms. The first-order valence-electron chi connectivity index (χ1n) is 9.53. The summed E-state index contributed by atoms with van der Waals surface area (Å²) in [5.74, 6) is 1.81. The zero-order valence-corrected chi connectivity index (χ0v) is 14.0. The minimum Gasteiger partial charge on any atom is -0.311 e. The first-order valence-corrected chi connectivity index (χ1v) is 9.53. The fourth-order valence-electron chi connectivity index (χ4n) is 4.23. The molecule has 1 nitrogen and oxygen atoms in total. The van der Waals surface area contributed by atoms with Crippen molar-refractivity contribution in [1.82, 2.24) is 5.32 Å². The predicted octanol–water partition coefficient (Wildman–Crippen LogP) is 5.68. The second-order valence-corrected chi connectivity index (χ2v) is 7.64. The molecule has 3 unspecified atom stereocenters. The van der Waals surface area contributed by atoms with Crippen molar-refractivity contribution >= 4 is 0 Å². The van der Waals surface area contributed by atoms with E-state index in [-0.39, 0.29) is 0 Å². The maximum absolute atomic E-state index is 4.05. The van der Waals surface area contributed by atoms with Crippen LogP contribution in [0.3, 0.4) is 0 Å². The molecule has 2 aliphatic rings. The van der Waals surface area contributed by atoms with E-state index in [9.17, 15) is 0 Å². The molecule has 2 fully saturated rings. The smallest absolute Gasteiger partial charge is 0.00979 e. The molecular weight excluding hydrogens is 242 g/mol. The lowest BCUT2D eigenvalue weighted by Crippen LogP contribution is -2.40. The Bertz CT molecular complexity index is 238. The van der Waals surface area contributed by atoms with Gasteiger partial charge in [0.15, 0.2) is 0 Å². The molecular formula is C19H37N. The van der Waals surface area contributed by atoms with Gasteiger partial charge in [-0.2, -0.15) is 0 Å². The van der Waals surface area contributed by atoms with Gasteiger partial charge < -0.3 is 5.32 Å². The molecule has 0 aromatic heterocycles. The molecule has 2 rings (SSSR count). The molecule has 1 heteroatoms. The van der Waals surface area contributed by atoms with Crippen molar-refractivity contribution in [2.24, 2.45) is 11.8 Å². The SMILES string of the molecule is CC1CCC(NC2CCCCCCCCCCC2)C1C. The van der Waals surface area contributed by atoms with Crippen molar-refractivity contribution < 1.29 is 0 Å². The summed E-state index contributed by atoms with van der Waals surface area (Å²) < 4.78 is 0. The second-order valence-electron chi connectivity index (χ2n) is 7.64. The summed E-state index contributed by atoms with van der Waals surface area (Å²) in [6, 6.07) is 1.62. The van der Waals surface area contributed by atoms with Gasteiger partial charge in [-0.25, -0.2) is 0 Å². The molecule has 2 aliphatic carbocycles. The number of hydrogen-bond acceptors (Lipinski definition) is 1. The van der Waals surface area contributed by atoms with Crippen LogP contribution in [0.15, 0.2) is 0 Å². The fraction of sp³-hybridized carbons (Fsp3) is 1.00. The summed E-state index contributed by atoms with van der Waals surface area (Å²) in [6.45, 7) is 4.90. The molecule has 118 valence electrons. The average Bonchev–Trinajstić information content (AvgIpc) is 2.74. The molecule has 0 saturated heterocycles. The fourth-order valence-corrected chi connectivity index (χ4v) is 4.23. The van der Waals surface area contributed by atoms with Crippen molar-refractivity contribution in [2.75, 3.05) is 0 Å². The minimum atomic E-state index is 0.808. The van der Waals surface area contributed by atoms with Crippen molar-refractivity contribution in [3.8, 4) is 0 Å². The zero-order chi connectivity index (χ0) is 14.2. The van der Waals surface area contributed by atoms with Crippen LogP contribution >= 0.6 is 0 Å². The molecule has 0 radical (unpaired) electrons. The van der Waals surface area contributed by atoms with Crippen LogP contribution in [0.5, 0.6) is 0 Å². The van der Waals surface area contributed by atoms with Crippen LogP contribution in [0.1, 0.15) is 97.3 Å². The van der Waals surface area contributed by atoms with Crippen LogP contribution in [0, 0.1) is 11.8 Å². The summed E-state index contributed by atoms with van der Waals surface area (Å²) in [6.07, 6.45) is 18.9. The normalized spacial score (nSPS) is 35.4. The number of rotatable bonds is 2. The van der Waals surface area contributed by atoms with E-state index >= 15 is 0 Å². The average molecular weight is 280 g/mol. The van der Waals surface area contributed by atoms with Gasteiger partial charge in [-0.1, -0.05) is 71.6 Å². The van der Waals surface area contributed by atoms with E-state index in [0.29, 0.717) is 0 Å². The summed E-state index contributed by atoms with van der Waals surface area (Å²) >= 11 is 0. The Morgan fingerprint density at radius 1 is 0.600 bits per heavy atom. The van der Waals surface area contributed by atoms with E-state index in [1.807, 2.05) is 0 Å². The topological polar surface area (TPSA) is 12.0 Å². The van der Waals surface area contributed by atoms with E-state index in [0.717, 1.165) is 23.9 Å². The lowest BCUT2D eigenvalue weighted by atomic mass is 9.94. The Balaban J connectivity index is 1.76. The molecule has 0 aromatic rings. The quantitative estimate of drug-likeness (QED) is 0.685. The van der Waals surface area contributed by atoms with Crippen LogP contribution < -0.4 is 5.32 Å². The van der Waals surface area contributed by atoms with Gasteiger partial charge in [-0.15, -0.1) is 0 Å². The molecule has 0 heterocycles. The summed E-state index contributed by atoms with van der Waals surface area (Å²) in [5.41, 5.74) is 0. The standard InChI is InChI=1S/C19H37N/c1-16-14-15-19(17(16)2)20-18-12-10-8-6-4-3-5-7-9-11-13-18/h16-20H,3-15H2,1-2H3. The highest BCUT2D eigenvalue weighted by Crippen LogP contribution is 2.32. The van der Waals surface area contributed by atoms with Gasteiger partial charge in [0.1, 0.15) is 0 Å². The van der Waals surface area contributed by atoms with Gasteiger partial charge in [0.25, 0.3) is 0 Å². The Labute approximate surface area is 127 Å². The highest BCUT2D eigenvalue weighted by molar-refractivity contribution is 4.87. The molecule has 0 spiro atoms. The summed E-state index contributed by atoms with van der Waals surface area (Å²) in [4.78, 5) is 0. The van der Waals surface area contributed by atoms with Crippen LogP contribution in [0.25, 0.3) is 0 Å². The molecule has 0 aliphatic heterocycles. The molecule has 0 aromatic carbocycles. The Hall–Kier alpha value is -0.0400. The van der Waals surface area contributed by atoms with E-state index in [4.69, 9.17) is 0 Å². The highest BCUT2D eigenvalue weighted by atomic mass is 15.0. The van der Waals surface area contributed by atoms with Crippen LogP contribution in [0.4, 0.5) is 0 Å². The third-order valence-corrected chi connectivity index (χ3v) is 6.02. The van der Waals surface area contributed by atoms with Crippen molar-refractivity contribution in [3.05, 3.63) is 0 Å². The Morgan fingerprint density at radius 3 is 1.55 bits per heavy atom. The third-order valence-electron chi connectivity index (χ3n) is 6.02. The molecule has 2 saturated carbocycles. The van der Waals surface area contributed by atoms with E-state index in [1.54, 1.807) is 0 Å². The predicted molar refractivity (Wildman–Crippen MR) is 89.1 cm³/mol. The van der Waals surface area contributed by atoms with Gasteiger partial charge >= 0.3 is 0 Å². The maximum Gasteiger partial charge on any atom is 0.00979 e. The third kappa shape index (κ3) is 5.39. The first-order chi connectivity index (χ1) is 9.77. The monoisotopic (exact) mass is 279 g/mol. The van der Waals surface area contributed by atoms with Gasteiger partial charge in [-0.05, 0) is 37.5 Å². The van der Waals surface area contributed by atoms with Crippen molar-refractivity contribution in [1.29, 1.82) is 0 Å². The lowest BCUT2D eigenvalue weighted by Gasteiger charge is -2.27. The largest absolute Gasteiger partial charge is 0.311 e. The van der Waals surface area contributed by atoms with Gasteiger partial charge in [0, 0.05) is 12.1 Å². The summed E-state index contributed by atoms with van der Waals surface area (Å²) in [7, 11) is 0. The zero-order valence-electron chi connectivity index (χ0n) is 14.0. The minimum absolute atomic E-state index is 0.808. The number of nitrogens with one attached hydrogen (secondary N) is 1. The van der Waals surface area contributed by atoms with E-state index in [1.165, 1.54) is 83.5 Å². The highest BCUT2D eigenvalue weighted by Gasteiger charge is 2.30. The Kier molecular flexibility index (Phi) is 7.41. The van der Waals surface area contributed by atoms with Crippen molar-refractivity contribution in [3.63, 3.8) is 0 Å². The molecule has 0 bridgehead atoms. The van der Waals surface area contributed by atoms with Gasteiger partial charge in [0.05, 0.1) is 0 Å². The van der Waals surface area contributed by atoms with Crippen LogP contribution in [-0.4, -0.2) is 12.1 Å². The van der Waals surface area contributed by atoms with Crippen LogP contribution in [0.2, 0.25) is 0 Å². The lowest BCUT2D eigenvalue weighted by molar-refractivity contribution is 0.308. The maximum atomic E-state index is 4.05. The van der Waals surface area contributed by atoms with E-state index < -0.39 is 0 Å². The van der Waals surface area contributed by atoms with Crippen LogP contribution in [-0.2, 0) is 0 Å². The molecule has 3 atom stereocenters. The van der Waals surface area contributed by atoms with E-state index in [2.05, 4.69) is 19.2 Å². The van der Waals surface area contributed by atoms with Crippen molar-refractivity contribution in [2.45, 2.75) is 109 Å². The Morgan fingerprint density at radius 2 is 1.10 bits per heavy atom. The second kappa shape index (κ2) is 9.07. The first kappa shape index (κ1) is 16.3.